The van der Waals surface area contributed by atoms with Gasteiger partial charge in [0, 0.05) is 17.6 Å². The van der Waals surface area contributed by atoms with Gasteiger partial charge in [-0.1, -0.05) is 60.7 Å². The van der Waals surface area contributed by atoms with Crippen LogP contribution in [0.5, 0.6) is 0 Å². The predicted octanol–water partition coefficient (Wildman–Crippen LogP) is 4.63. The molecule has 1 atom stereocenters. The molecule has 1 heterocycles. The highest BCUT2D eigenvalue weighted by Gasteiger charge is 2.33. The van der Waals surface area contributed by atoms with E-state index >= 15 is 0 Å². The molecule has 4 rings (SSSR count). The van der Waals surface area contributed by atoms with Gasteiger partial charge in [0.2, 0.25) is 11.8 Å². The van der Waals surface area contributed by atoms with Gasteiger partial charge in [0.15, 0.2) is 0 Å². The van der Waals surface area contributed by atoms with Crippen molar-refractivity contribution >= 4 is 23.6 Å². The number of carbonyl (C=O) groups excluding carboxylic acids is 2. The highest BCUT2D eigenvalue weighted by atomic mass is 16.4. The first kappa shape index (κ1) is 26.4. The van der Waals surface area contributed by atoms with Crippen molar-refractivity contribution < 1.29 is 19.5 Å². The van der Waals surface area contributed by atoms with Crippen LogP contribution in [0, 0.1) is 11.3 Å². The minimum absolute atomic E-state index is 0.109. The molecule has 38 heavy (non-hydrogen) atoms. The number of carbonyl (C=O) groups is 3. The summed E-state index contributed by atoms with van der Waals surface area (Å²) in [4.78, 5) is 39.3. The number of aryl methyl sites for hydroxylation is 1. The van der Waals surface area contributed by atoms with Crippen LogP contribution < -0.4 is 15.5 Å². The van der Waals surface area contributed by atoms with Crippen molar-refractivity contribution in [2.45, 2.75) is 51.2 Å². The van der Waals surface area contributed by atoms with Gasteiger partial charge in [-0.2, -0.15) is 5.26 Å². The van der Waals surface area contributed by atoms with Crippen molar-refractivity contribution in [2.24, 2.45) is 0 Å². The molecular weight excluding hydrogens is 480 g/mol. The molecule has 3 amide bonds. The average Bonchev–Trinajstić information content (AvgIpc) is 3.00. The Labute approximate surface area is 221 Å². The zero-order valence-corrected chi connectivity index (χ0v) is 21.4. The molecule has 0 fully saturated rings. The molecule has 0 radical (unpaired) electrons. The molecule has 1 aliphatic heterocycles. The molecule has 3 aromatic carbocycles. The number of anilines is 1. The number of nitrogens with zero attached hydrogens (tertiary/aromatic N) is 2. The normalized spacial score (nSPS) is 15.1. The van der Waals surface area contributed by atoms with E-state index in [9.17, 15) is 19.6 Å². The lowest BCUT2D eigenvalue weighted by molar-refractivity contribution is -0.128. The molecule has 0 aromatic heterocycles. The second-order valence-corrected chi connectivity index (χ2v) is 10.1. The number of benzene rings is 3. The highest BCUT2D eigenvalue weighted by Crippen LogP contribution is 2.30. The SMILES string of the molecule is CC(C)(CC(=O)N[C@@H]1CCc2ccccc2N(Cc2ccc(-c3ccccc3)c(C#N)c2)C1=O)NC(=O)O. The van der Waals surface area contributed by atoms with Crippen LogP contribution >= 0.6 is 0 Å². The number of fused-ring (bicyclic) bond motifs is 1. The lowest BCUT2D eigenvalue weighted by Gasteiger charge is -2.28. The number of carboxylic acid groups (broad SMARTS) is 1. The van der Waals surface area contributed by atoms with Gasteiger partial charge in [0.1, 0.15) is 6.04 Å². The van der Waals surface area contributed by atoms with E-state index in [0.29, 0.717) is 18.4 Å². The minimum atomic E-state index is -1.22. The maximum Gasteiger partial charge on any atom is 0.405 e. The third kappa shape index (κ3) is 6.19. The molecule has 0 saturated heterocycles. The van der Waals surface area contributed by atoms with Crippen molar-refractivity contribution in [3.05, 3.63) is 89.5 Å². The minimum Gasteiger partial charge on any atom is -0.465 e. The molecule has 1 aliphatic rings. The van der Waals surface area contributed by atoms with Gasteiger partial charge in [0.05, 0.1) is 18.2 Å². The molecule has 0 spiro atoms. The second-order valence-electron chi connectivity index (χ2n) is 10.1. The van der Waals surface area contributed by atoms with Crippen LogP contribution in [-0.2, 0) is 22.6 Å². The number of rotatable bonds is 7. The van der Waals surface area contributed by atoms with Gasteiger partial charge >= 0.3 is 6.09 Å². The van der Waals surface area contributed by atoms with E-state index in [2.05, 4.69) is 16.7 Å². The van der Waals surface area contributed by atoms with Crippen molar-refractivity contribution in [1.29, 1.82) is 5.26 Å². The first-order chi connectivity index (χ1) is 18.2. The fourth-order valence-corrected chi connectivity index (χ4v) is 4.83. The molecule has 3 N–H and O–H groups in total. The van der Waals surface area contributed by atoms with Gasteiger partial charge in [-0.05, 0) is 61.1 Å². The smallest absolute Gasteiger partial charge is 0.405 e. The first-order valence-corrected chi connectivity index (χ1v) is 12.4. The lowest BCUT2D eigenvalue weighted by atomic mass is 9.98. The number of nitrogens with one attached hydrogen (secondary N) is 2. The fourth-order valence-electron chi connectivity index (χ4n) is 4.83. The van der Waals surface area contributed by atoms with E-state index in [1.54, 1.807) is 24.8 Å². The van der Waals surface area contributed by atoms with Crippen LogP contribution in [0.15, 0.2) is 72.8 Å². The molecule has 8 heteroatoms. The third-order valence-corrected chi connectivity index (χ3v) is 6.56. The largest absolute Gasteiger partial charge is 0.465 e. The third-order valence-electron chi connectivity index (χ3n) is 6.56. The van der Waals surface area contributed by atoms with Crippen molar-refractivity contribution in [1.82, 2.24) is 10.6 Å². The van der Waals surface area contributed by atoms with Gasteiger partial charge in [-0.3, -0.25) is 9.59 Å². The van der Waals surface area contributed by atoms with Crippen LogP contribution in [0.1, 0.15) is 43.4 Å². The summed E-state index contributed by atoms with van der Waals surface area (Å²) in [5, 5.41) is 24.0. The number of nitriles is 1. The molecule has 0 unspecified atom stereocenters. The zero-order valence-electron chi connectivity index (χ0n) is 21.4. The summed E-state index contributed by atoms with van der Waals surface area (Å²) < 4.78 is 0. The van der Waals surface area contributed by atoms with E-state index in [1.807, 2.05) is 66.7 Å². The Kier molecular flexibility index (Phi) is 7.77. The second kappa shape index (κ2) is 11.2. The Morgan fingerprint density at radius 3 is 2.50 bits per heavy atom. The number of amides is 3. The monoisotopic (exact) mass is 510 g/mol. The number of para-hydroxylation sites is 1. The molecule has 0 aliphatic carbocycles. The lowest BCUT2D eigenvalue weighted by Crippen LogP contribution is -2.51. The van der Waals surface area contributed by atoms with E-state index in [1.165, 1.54) is 0 Å². The first-order valence-electron chi connectivity index (χ1n) is 12.4. The van der Waals surface area contributed by atoms with Gasteiger partial charge in [-0.15, -0.1) is 0 Å². The predicted molar refractivity (Wildman–Crippen MR) is 144 cm³/mol. The van der Waals surface area contributed by atoms with Crippen molar-refractivity contribution in [3.8, 4) is 17.2 Å². The Morgan fingerprint density at radius 1 is 1.08 bits per heavy atom. The molecule has 0 saturated carbocycles. The zero-order chi connectivity index (χ0) is 27.3. The Balaban J connectivity index is 1.60. The van der Waals surface area contributed by atoms with Crippen LogP contribution in [-0.4, -0.2) is 34.6 Å². The van der Waals surface area contributed by atoms with Crippen LogP contribution in [0.2, 0.25) is 0 Å². The van der Waals surface area contributed by atoms with E-state index < -0.39 is 23.6 Å². The summed E-state index contributed by atoms with van der Waals surface area (Å²) in [6.45, 7) is 3.46. The summed E-state index contributed by atoms with van der Waals surface area (Å²) in [6.07, 6.45) is -0.315. The highest BCUT2D eigenvalue weighted by molar-refractivity contribution is 6.00. The number of hydrogen-bond acceptors (Lipinski definition) is 4. The summed E-state index contributed by atoms with van der Waals surface area (Å²) in [5.41, 5.74) is 3.85. The molecule has 3 aromatic rings. The average molecular weight is 511 g/mol. The van der Waals surface area contributed by atoms with Crippen LogP contribution in [0.3, 0.4) is 0 Å². The topological polar surface area (TPSA) is 123 Å². The van der Waals surface area contributed by atoms with Crippen molar-refractivity contribution in [2.75, 3.05) is 4.90 Å². The maximum atomic E-state index is 13.8. The number of hydrogen-bond donors (Lipinski definition) is 3. The van der Waals surface area contributed by atoms with Gasteiger partial charge in [0.25, 0.3) is 0 Å². The molecular formula is C30H30N4O4. The van der Waals surface area contributed by atoms with Crippen LogP contribution in [0.4, 0.5) is 10.5 Å². The van der Waals surface area contributed by atoms with Crippen LogP contribution in [0.25, 0.3) is 11.1 Å². The summed E-state index contributed by atoms with van der Waals surface area (Å²) in [6, 6.07) is 24.4. The van der Waals surface area contributed by atoms with Crippen molar-refractivity contribution in [3.63, 3.8) is 0 Å². The van der Waals surface area contributed by atoms with Gasteiger partial charge in [-0.25, -0.2) is 4.79 Å². The summed E-state index contributed by atoms with van der Waals surface area (Å²) in [5.74, 6) is -0.662. The Bertz CT molecular complexity index is 1390. The summed E-state index contributed by atoms with van der Waals surface area (Å²) >= 11 is 0. The van der Waals surface area contributed by atoms with Gasteiger partial charge < -0.3 is 20.6 Å². The Hall–Kier alpha value is -4.64. The maximum absolute atomic E-state index is 13.8. The quantitative estimate of drug-likeness (QED) is 0.428. The fraction of sp³-hybridized carbons (Fsp3) is 0.267. The standard InChI is InChI=1S/C30H30N4O4/c1-30(2,33-29(37)38)17-27(35)32-25-15-13-22-10-6-7-11-26(22)34(28(25)36)19-20-12-14-24(23(16-20)18-31)21-8-4-3-5-9-21/h3-12,14,16,25,33H,13,15,17,19H2,1-2H3,(H,32,35)(H,37,38)/t25-/m1/s1. The summed E-state index contributed by atoms with van der Waals surface area (Å²) in [7, 11) is 0. The molecule has 0 bridgehead atoms. The molecule has 194 valence electrons. The van der Waals surface area contributed by atoms with E-state index in [4.69, 9.17) is 5.11 Å². The van der Waals surface area contributed by atoms with E-state index in [-0.39, 0.29) is 18.9 Å². The molecule has 8 nitrogen and oxygen atoms in total. The Morgan fingerprint density at radius 2 is 1.79 bits per heavy atom. The van der Waals surface area contributed by atoms with E-state index in [0.717, 1.165) is 27.9 Å².